The molecule has 12 heteroatoms. The van der Waals surface area contributed by atoms with Crippen molar-refractivity contribution in [1.29, 1.82) is 0 Å². The summed E-state index contributed by atoms with van der Waals surface area (Å²) < 4.78 is 24.0. The molecule has 3 aromatic rings. The van der Waals surface area contributed by atoms with E-state index in [1.54, 1.807) is 0 Å². The summed E-state index contributed by atoms with van der Waals surface area (Å²) in [6, 6.07) is 7.33. The molecule has 2 bridgehead atoms. The second-order valence-electron chi connectivity index (χ2n) is 11.4. The maximum atomic E-state index is 12.9. The number of benzene rings is 2. The highest BCUT2D eigenvalue weighted by molar-refractivity contribution is 5.94. The Kier molecular flexibility index (Phi) is 8.96. The van der Waals surface area contributed by atoms with E-state index in [0.717, 1.165) is 61.1 Å². The first-order valence-corrected chi connectivity index (χ1v) is 15.1. The van der Waals surface area contributed by atoms with Gasteiger partial charge in [-0.3, -0.25) is 9.69 Å². The SMILES string of the molecule is C[C@H]1C(=O)NCCCOc2cc3c(ncnc3cc2OCCCN2CCC(O)CC2)Nc2c(ccc3c2OCO3)CN1C. The number of amides is 1. The Hall–Kier alpha value is -3.87. The lowest BCUT2D eigenvalue weighted by molar-refractivity contribution is -0.125. The third kappa shape index (κ3) is 6.71. The Morgan fingerprint density at radius 3 is 2.84 bits per heavy atom. The smallest absolute Gasteiger partial charge is 0.237 e. The van der Waals surface area contributed by atoms with E-state index < -0.39 is 0 Å². The van der Waals surface area contributed by atoms with Crippen LogP contribution in [-0.2, 0) is 11.3 Å². The Balaban J connectivity index is 1.30. The molecule has 3 aliphatic rings. The predicted molar refractivity (Wildman–Crippen MR) is 161 cm³/mol. The van der Waals surface area contributed by atoms with Crippen LogP contribution in [-0.4, -0.2) is 96.2 Å². The Morgan fingerprint density at radius 1 is 1.12 bits per heavy atom. The molecule has 1 aromatic heterocycles. The normalized spacial score (nSPS) is 20.3. The fourth-order valence-electron chi connectivity index (χ4n) is 5.62. The van der Waals surface area contributed by atoms with E-state index in [4.69, 9.17) is 18.9 Å². The fourth-order valence-corrected chi connectivity index (χ4v) is 5.62. The number of aromatic nitrogens is 2. The molecule has 1 fully saturated rings. The van der Waals surface area contributed by atoms with Gasteiger partial charge in [-0.2, -0.15) is 0 Å². The minimum Gasteiger partial charge on any atom is -0.490 e. The number of aliphatic hydroxyl groups excluding tert-OH is 1. The Morgan fingerprint density at radius 2 is 1.98 bits per heavy atom. The van der Waals surface area contributed by atoms with Gasteiger partial charge in [0.1, 0.15) is 12.1 Å². The summed E-state index contributed by atoms with van der Waals surface area (Å²) >= 11 is 0. The van der Waals surface area contributed by atoms with Crippen LogP contribution in [0, 0.1) is 0 Å². The van der Waals surface area contributed by atoms with Gasteiger partial charge < -0.3 is 39.6 Å². The number of carbonyl (C=O) groups is 1. The number of likely N-dealkylation sites (N-methyl/N-ethyl adjacent to an activating group) is 1. The van der Waals surface area contributed by atoms with Crippen molar-refractivity contribution in [3.05, 3.63) is 36.2 Å². The first-order chi connectivity index (χ1) is 21.0. The van der Waals surface area contributed by atoms with Gasteiger partial charge in [-0.1, -0.05) is 6.07 Å². The summed E-state index contributed by atoms with van der Waals surface area (Å²) in [5, 5.41) is 17.1. The standard InChI is InChI=1S/C31H40N6O6/c1-20-31(39)32-9-3-13-40-26-15-23-24(16-27(26)41-14-4-10-37-11-7-22(38)8-12-37)33-18-34-30(23)35-28-21(17-36(20)2)5-6-25-29(28)43-19-42-25/h5-6,15-16,18,20,22,38H,3-4,7-14,17,19H2,1-2H3,(H,32,39)(H,33,34,35)/t20-/m0/s1. The summed E-state index contributed by atoms with van der Waals surface area (Å²) in [6.45, 7) is 6.68. The van der Waals surface area contributed by atoms with Crippen LogP contribution in [0.25, 0.3) is 10.9 Å². The molecule has 1 amide bonds. The quantitative estimate of drug-likeness (QED) is 0.378. The highest BCUT2D eigenvalue weighted by atomic mass is 16.7. The number of aliphatic hydroxyl groups is 1. The molecule has 3 N–H and O–H groups in total. The molecule has 0 aliphatic carbocycles. The second kappa shape index (κ2) is 13.2. The zero-order valence-electron chi connectivity index (χ0n) is 24.8. The molecule has 3 aliphatic heterocycles. The van der Waals surface area contributed by atoms with Crippen molar-refractivity contribution in [3.63, 3.8) is 0 Å². The van der Waals surface area contributed by atoms with E-state index in [0.29, 0.717) is 61.5 Å². The number of hydrogen-bond donors (Lipinski definition) is 3. The van der Waals surface area contributed by atoms with Gasteiger partial charge in [0.15, 0.2) is 23.0 Å². The Bertz CT molecular complexity index is 1450. The van der Waals surface area contributed by atoms with E-state index in [-0.39, 0.29) is 24.8 Å². The van der Waals surface area contributed by atoms with Gasteiger partial charge in [0.2, 0.25) is 12.7 Å². The van der Waals surface area contributed by atoms with Gasteiger partial charge in [0.25, 0.3) is 0 Å². The number of anilines is 2. The van der Waals surface area contributed by atoms with Gasteiger partial charge >= 0.3 is 0 Å². The first-order valence-electron chi connectivity index (χ1n) is 15.1. The predicted octanol–water partition coefficient (Wildman–Crippen LogP) is 3.05. The largest absolute Gasteiger partial charge is 0.490 e. The number of fused-ring (bicyclic) bond motifs is 4. The first kappa shape index (κ1) is 29.2. The average Bonchev–Trinajstić information content (AvgIpc) is 3.49. The van der Waals surface area contributed by atoms with Crippen molar-refractivity contribution >= 4 is 28.3 Å². The van der Waals surface area contributed by atoms with Gasteiger partial charge in [-0.05, 0) is 57.4 Å². The number of piperidine rings is 1. The summed E-state index contributed by atoms with van der Waals surface area (Å²) in [5.74, 6) is 3.01. The lowest BCUT2D eigenvalue weighted by Crippen LogP contribution is -2.43. The minimum atomic E-state index is -0.347. The van der Waals surface area contributed by atoms with Gasteiger partial charge in [0, 0.05) is 44.2 Å². The zero-order valence-corrected chi connectivity index (χ0v) is 24.8. The maximum absolute atomic E-state index is 12.9. The molecule has 1 saturated heterocycles. The summed E-state index contributed by atoms with van der Waals surface area (Å²) in [6.07, 6.45) is 4.49. The molecule has 0 radical (unpaired) electrons. The van der Waals surface area contributed by atoms with Crippen LogP contribution in [0.4, 0.5) is 11.5 Å². The van der Waals surface area contributed by atoms with Crippen molar-refractivity contribution < 1.29 is 28.8 Å². The molecule has 0 unspecified atom stereocenters. The van der Waals surface area contributed by atoms with E-state index in [2.05, 4.69) is 25.5 Å². The third-order valence-corrected chi connectivity index (χ3v) is 8.34. The van der Waals surface area contributed by atoms with Gasteiger partial charge in [-0.15, -0.1) is 0 Å². The monoisotopic (exact) mass is 592 g/mol. The van der Waals surface area contributed by atoms with Crippen LogP contribution in [0.3, 0.4) is 0 Å². The van der Waals surface area contributed by atoms with Gasteiger partial charge in [-0.25, -0.2) is 9.97 Å². The molecule has 0 saturated carbocycles. The number of hydrogen-bond acceptors (Lipinski definition) is 11. The topological polar surface area (TPSA) is 131 Å². The maximum Gasteiger partial charge on any atom is 0.237 e. The molecule has 230 valence electrons. The van der Waals surface area contributed by atoms with Crippen molar-refractivity contribution in [3.8, 4) is 23.0 Å². The molecule has 6 rings (SSSR count). The van der Waals surface area contributed by atoms with E-state index >= 15 is 0 Å². The van der Waals surface area contributed by atoms with Crippen LogP contribution >= 0.6 is 0 Å². The molecule has 12 nitrogen and oxygen atoms in total. The minimum absolute atomic E-state index is 0.0448. The molecule has 4 heterocycles. The number of carbonyl (C=O) groups excluding carboxylic acids is 1. The number of nitrogens with one attached hydrogen (secondary N) is 2. The number of rotatable bonds is 5. The van der Waals surface area contributed by atoms with E-state index in [1.807, 2.05) is 43.1 Å². The second-order valence-corrected chi connectivity index (χ2v) is 11.4. The number of likely N-dealkylation sites (tertiary alicyclic amines) is 1. The third-order valence-electron chi connectivity index (χ3n) is 8.34. The molecular formula is C31H40N6O6. The lowest BCUT2D eigenvalue weighted by atomic mass is 10.1. The van der Waals surface area contributed by atoms with Crippen molar-refractivity contribution in [1.82, 2.24) is 25.1 Å². The molecule has 2 aromatic carbocycles. The molecule has 1 atom stereocenters. The average molecular weight is 593 g/mol. The molecular weight excluding hydrogens is 552 g/mol. The van der Waals surface area contributed by atoms with Crippen LogP contribution in [0.5, 0.6) is 23.0 Å². The highest BCUT2D eigenvalue weighted by Crippen LogP contribution is 2.44. The van der Waals surface area contributed by atoms with Crippen LogP contribution in [0.15, 0.2) is 30.6 Å². The van der Waals surface area contributed by atoms with E-state index in [9.17, 15) is 9.90 Å². The molecule has 43 heavy (non-hydrogen) atoms. The Labute approximate surface area is 251 Å². The van der Waals surface area contributed by atoms with Crippen LogP contribution < -0.4 is 29.6 Å². The fraction of sp³-hybridized carbons (Fsp3) is 0.516. The molecule has 0 spiro atoms. The van der Waals surface area contributed by atoms with E-state index in [1.165, 1.54) is 6.33 Å². The zero-order chi connectivity index (χ0) is 29.8. The summed E-state index contributed by atoms with van der Waals surface area (Å²) in [7, 11) is 1.93. The van der Waals surface area contributed by atoms with Crippen molar-refractivity contribution in [2.45, 2.75) is 51.3 Å². The van der Waals surface area contributed by atoms with Gasteiger partial charge in [0.05, 0.1) is 36.6 Å². The highest BCUT2D eigenvalue weighted by Gasteiger charge is 2.26. The number of ether oxygens (including phenoxy) is 4. The van der Waals surface area contributed by atoms with Crippen molar-refractivity contribution in [2.24, 2.45) is 0 Å². The summed E-state index contributed by atoms with van der Waals surface area (Å²) in [5.41, 5.74) is 2.38. The number of nitrogens with zero attached hydrogens (tertiary/aromatic N) is 4. The van der Waals surface area contributed by atoms with Crippen molar-refractivity contribution in [2.75, 3.05) is 58.6 Å². The van der Waals surface area contributed by atoms with Crippen LogP contribution in [0.1, 0.15) is 38.2 Å². The lowest BCUT2D eigenvalue weighted by Gasteiger charge is -2.29. The van der Waals surface area contributed by atoms with Crippen LogP contribution in [0.2, 0.25) is 0 Å². The summed E-state index contributed by atoms with van der Waals surface area (Å²) in [4.78, 5) is 26.4.